The molecule has 5 aromatic rings. The summed E-state index contributed by atoms with van der Waals surface area (Å²) in [4.78, 5) is 27.2. The number of benzene rings is 3. The predicted molar refractivity (Wildman–Crippen MR) is 129 cm³/mol. The maximum atomic E-state index is 13.6. The van der Waals surface area contributed by atoms with Gasteiger partial charge in [-0.25, -0.2) is 0 Å². The van der Waals surface area contributed by atoms with Crippen LogP contribution in [0.1, 0.15) is 22.6 Å². The molecule has 6 heteroatoms. The molecule has 2 N–H and O–H groups in total. The maximum absolute atomic E-state index is 13.6. The number of nitrogens with zero attached hydrogens (tertiary/aromatic N) is 2. The number of aromatic hydroxyl groups is 2. The number of aromatic nitrogens is 2. The molecule has 0 saturated carbocycles. The van der Waals surface area contributed by atoms with E-state index >= 15 is 0 Å². The molecule has 3 aromatic carbocycles. The van der Waals surface area contributed by atoms with Gasteiger partial charge in [0.2, 0.25) is 0 Å². The second-order valence-corrected chi connectivity index (χ2v) is 8.13. The van der Waals surface area contributed by atoms with Crippen LogP contribution >= 0.6 is 0 Å². The Morgan fingerprint density at radius 3 is 1.45 bits per heavy atom. The van der Waals surface area contributed by atoms with Gasteiger partial charge < -0.3 is 19.3 Å². The predicted octanol–water partition coefficient (Wildman–Crippen LogP) is 3.98. The molecule has 0 atom stereocenters. The van der Waals surface area contributed by atoms with Crippen molar-refractivity contribution in [2.75, 3.05) is 0 Å². The lowest BCUT2D eigenvalue weighted by Crippen LogP contribution is -2.30. The van der Waals surface area contributed by atoms with Crippen LogP contribution in [0.5, 0.6) is 11.5 Å². The van der Waals surface area contributed by atoms with E-state index in [0.29, 0.717) is 27.4 Å². The van der Waals surface area contributed by atoms with Crippen LogP contribution in [0.15, 0.2) is 88.5 Å². The summed E-state index contributed by atoms with van der Waals surface area (Å²) < 4.78 is 2.92. The molecule has 6 nitrogen and oxygen atoms in total. The molecule has 0 fully saturated rings. The Labute approximate surface area is 189 Å². The minimum Gasteiger partial charge on any atom is -0.507 e. The smallest absolute Gasteiger partial charge is 0.258 e. The lowest BCUT2D eigenvalue weighted by Gasteiger charge is -2.23. The van der Waals surface area contributed by atoms with Gasteiger partial charge in [-0.3, -0.25) is 9.59 Å². The number of rotatable bonds is 3. The molecular formula is C27H22N2O4. The van der Waals surface area contributed by atoms with Gasteiger partial charge in [-0.2, -0.15) is 0 Å². The molecule has 0 bridgehead atoms. The normalized spacial score (nSPS) is 11.5. The molecule has 0 aliphatic heterocycles. The Balaban J connectivity index is 1.97. The van der Waals surface area contributed by atoms with Crippen LogP contribution in [0.25, 0.3) is 21.8 Å². The number of pyridine rings is 2. The highest BCUT2D eigenvalue weighted by atomic mass is 16.3. The lowest BCUT2D eigenvalue weighted by atomic mass is 9.84. The van der Waals surface area contributed by atoms with Gasteiger partial charge in [0.1, 0.15) is 11.5 Å². The number of aryl methyl sites for hydroxylation is 2. The average molecular weight is 438 g/mol. The highest BCUT2D eigenvalue weighted by Gasteiger charge is 2.31. The second-order valence-electron chi connectivity index (χ2n) is 8.13. The van der Waals surface area contributed by atoms with Crippen LogP contribution in [-0.2, 0) is 14.1 Å². The van der Waals surface area contributed by atoms with Crippen LogP contribution < -0.4 is 11.1 Å². The molecule has 0 saturated heterocycles. The van der Waals surface area contributed by atoms with Gasteiger partial charge in [0.25, 0.3) is 11.1 Å². The molecule has 0 unspecified atom stereocenters. The summed E-state index contributed by atoms with van der Waals surface area (Å²) >= 11 is 0. The van der Waals surface area contributed by atoms with Crippen molar-refractivity contribution in [3.05, 3.63) is 116 Å². The summed E-state index contributed by atoms with van der Waals surface area (Å²) in [7, 11) is 3.27. The lowest BCUT2D eigenvalue weighted by molar-refractivity contribution is 0.460. The van der Waals surface area contributed by atoms with Crippen LogP contribution in [0.3, 0.4) is 0 Å². The molecule has 33 heavy (non-hydrogen) atoms. The van der Waals surface area contributed by atoms with Crippen molar-refractivity contribution in [1.29, 1.82) is 0 Å². The van der Waals surface area contributed by atoms with Gasteiger partial charge >= 0.3 is 0 Å². The average Bonchev–Trinajstić information content (AvgIpc) is 2.85. The van der Waals surface area contributed by atoms with Crippen LogP contribution in [-0.4, -0.2) is 19.3 Å². The molecule has 2 heterocycles. The van der Waals surface area contributed by atoms with Crippen LogP contribution in [0, 0.1) is 0 Å². The molecule has 0 aliphatic carbocycles. The van der Waals surface area contributed by atoms with E-state index in [1.54, 1.807) is 86.9 Å². The van der Waals surface area contributed by atoms with Crippen LogP contribution in [0.4, 0.5) is 0 Å². The van der Waals surface area contributed by atoms with Crippen molar-refractivity contribution in [1.82, 2.24) is 9.13 Å². The minimum absolute atomic E-state index is 0.0464. The minimum atomic E-state index is -0.974. The summed E-state index contributed by atoms with van der Waals surface area (Å²) in [5.41, 5.74) is 0.986. The van der Waals surface area contributed by atoms with E-state index in [-0.39, 0.29) is 22.6 Å². The first kappa shape index (κ1) is 20.6. The van der Waals surface area contributed by atoms with E-state index in [0.717, 1.165) is 0 Å². The first-order valence-corrected chi connectivity index (χ1v) is 10.6. The third kappa shape index (κ3) is 3.03. The fourth-order valence-corrected chi connectivity index (χ4v) is 4.65. The third-order valence-corrected chi connectivity index (χ3v) is 6.33. The highest BCUT2D eigenvalue weighted by Crippen LogP contribution is 2.41. The second kappa shape index (κ2) is 7.67. The van der Waals surface area contributed by atoms with Gasteiger partial charge in [0, 0.05) is 24.9 Å². The van der Waals surface area contributed by atoms with E-state index in [1.165, 1.54) is 9.13 Å². The monoisotopic (exact) mass is 438 g/mol. The quantitative estimate of drug-likeness (QED) is 0.446. The summed E-state index contributed by atoms with van der Waals surface area (Å²) in [6.07, 6.45) is 0. The van der Waals surface area contributed by atoms with Crippen molar-refractivity contribution in [3.63, 3.8) is 0 Å². The van der Waals surface area contributed by atoms with E-state index in [9.17, 15) is 19.8 Å². The summed E-state index contributed by atoms with van der Waals surface area (Å²) in [6, 6.07) is 23.1. The first-order valence-electron chi connectivity index (χ1n) is 10.6. The molecule has 164 valence electrons. The van der Waals surface area contributed by atoms with E-state index in [4.69, 9.17) is 0 Å². The molecule has 5 rings (SSSR count). The zero-order valence-corrected chi connectivity index (χ0v) is 18.2. The number of para-hydroxylation sites is 2. The van der Waals surface area contributed by atoms with Gasteiger partial charge in [0.05, 0.1) is 28.1 Å². The van der Waals surface area contributed by atoms with Crippen molar-refractivity contribution < 1.29 is 10.2 Å². The zero-order chi connectivity index (χ0) is 23.3. The number of hydrogen-bond donors (Lipinski definition) is 2. The molecule has 2 aromatic heterocycles. The zero-order valence-electron chi connectivity index (χ0n) is 18.2. The van der Waals surface area contributed by atoms with Crippen molar-refractivity contribution >= 4 is 21.8 Å². The summed E-state index contributed by atoms with van der Waals surface area (Å²) in [5, 5.41) is 23.6. The van der Waals surface area contributed by atoms with E-state index in [1.807, 2.05) is 6.07 Å². The summed E-state index contributed by atoms with van der Waals surface area (Å²) in [5.74, 6) is -1.37. The highest BCUT2D eigenvalue weighted by molar-refractivity contribution is 5.89. The molecule has 0 radical (unpaired) electrons. The van der Waals surface area contributed by atoms with Crippen molar-refractivity contribution in [2.45, 2.75) is 5.92 Å². The van der Waals surface area contributed by atoms with Gasteiger partial charge in [-0.05, 0) is 29.8 Å². The van der Waals surface area contributed by atoms with Gasteiger partial charge in [-0.15, -0.1) is 0 Å². The molecule has 0 amide bonds. The van der Waals surface area contributed by atoms with Crippen molar-refractivity contribution in [2.24, 2.45) is 14.1 Å². The fraction of sp³-hybridized carbons (Fsp3) is 0.111. The Hall–Kier alpha value is -4.32. The number of fused-ring (bicyclic) bond motifs is 2. The van der Waals surface area contributed by atoms with Crippen LogP contribution in [0.2, 0.25) is 0 Å². The molecule has 0 spiro atoms. The summed E-state index contributed by atoms with van der Waals surface area (Å²) in [6.45, 7) is 0. The largest absolute Gasteiger partial charge is 0.507 e. The fourth-order valence-electron chi connectivity index (χ4n) is 4.65. The molecular weight excluding hydrogens is 416 g/mol. The Morgan fingerprint density at radius 1 is 0.606 bits per heavy atom. The third-order valence-electron chi connectivity index (χ3n) is 6.33. The maximum Gasteiger partial charge on any atom is 0.258 e. The Kier molecular flexibility index (Phi) is 4.78. The topological polar surface area (TPSA) is 84.5 Å². The molecule has 0 aliphatic rings. The first-order chi connectivity index (χ1) is 15.9. The van der Waals surface area contributed by atoms with Crippen molar-refractivity contribution in [3.8, 4) is 11.5 Å². The standard InChI is InChI=1S/C27H22N2O4/c1-28-19-14-8-6-12-17(19)24(30)22(26(28)32)21(16-10-4-3-5-11-16)23-25(31)18-13-7-9-15-20(18)29(2)27(23)33/h3-15,21,30-31H,1-2H3. The Morgan fingerprint density at radius 2 is 1.00 bits per heavy atom. The number of hydrogen-bond acceptors (Lipinski definition) is 4. The van der Waals surface area contributed by atoms with E-state index < -0.39 is 17.0 Å². The van der Waals surface area contributed by atoms with Gasteiger partial charge in [0.15, 0.2) is 0 Å². The van der Waals surface area contributed by atoms with E-state index in [2.05, 4.69) is 0 Å². The Bertz CT molecular complexity index is 1540. The van der Waals surface area contributed by atoms with Gasteiger partial charge in [-0.1, -0.05) is 54.6 Å². The SMILES string of the molecule is Cn1c(=O)c(C(c2ccccc2)c2c(O)c3ccccc3n(C)c2=O)c(O)c2ccccc21.